The highest BCUT2D eigenvalue weighted by molar-refractivity contribution is 8.00. The molecule has 0 saturated heterocycles. The van der Waals surface area contributed by atoms with Gasteiger partial charge in [0.05, 0.1) is 10.5 Å². The number of aromatic nitrogens is 2. The molecule has 0 saturated carbocycles. The van der Waals surface area contributed by atoms with Crippen LogP contribution in [0, 0.1) is 13.8 Å². The molecule has 1 unspecified atom stereocenters. The molecule has 1 amide bonds. The number of para-hydroxylation sites is 1. The molecule has 0 aliphatic heterocycles. The molecular weight excluding hydrogens is 362 g/mol. The number of benzene rings is 2. The van der Waals surface area contributed by atoms with Crippen LogP contribution in [0.15, 0.2) is 58.1 Å². The molecule has 0 fully saturated rings. The van der Waals surface area contributed by atoms with Gasteiger partial charge in [0.2, 0.25) is 11.6 Å². The van der Waals surface area contributed by atoms with Crippen LogP contribution in [-0.2, 0) is 4.79 Å². The van der Waals surface area contributed by atoms with E-state index in [2.05, 4.69) is 10.6 Å². The number of rotatable bonds is 6. The van der Waals surface area contributed by atoms with Gasteiger partial charge < -0.3 is 14.9 Å². The fraction of sp³-hybridized carbons (Fsp3) is 0.250. The molecule has 0 aliphatic rings. The summed E-state index contributed by atoms with van der Waals surface area (Å²) in [5.74, 6) is -0.714. The van der Waals surface area contributed by atoms with Gasteiger partial charge in [-0.05, 0) is 60.0 Å². The lowest BCUT2D eigenvalue weighted by molar-refractivity contribution is -0.705. The first-order chi connectivity index (χ1) is 13.0. The zero-order valence-corrected chi connectivity index (χ0v) is 16.2. The van der Waals surface area contributed by atoms with Crippen LogP contribution < -0.4 is 15.1 Å². The average molecular weight is 383 g/mol. The van der Waals surface area contributed by atoms with Gasteiger partial charge in [-0.15, -0.1) is 0 Å². The van der Waals surface area contributed by atoms with Gasteiger partial charge in [0.15, 0.2) is 5.95 Å². The Morgan fingerprint density at radius 1 is 1.22 bits per heavy atom. The number of carbonyl (C=O) groups is 1. The molecule has 27 heavy (non-hydrogen) atoms. The maximum atomic E-state index is 12.8. The molecule has 1 atom stereocenters. The number of nitrogens with one attached hydrogen (secondary N) is 1. The zero-order valence-electron chi connectivity index (χ0n) is 15.4. The molecule has 7 heteroatoms. The van der Waals surface area contributed by atoms with E-state index in [0.29, 0.717) is 12.1 Å². The van der Waals surface area contributed by atoms with E-state index in [9.17, 15) is 9.90 Å². The fourth-order valence-electron chi connectivity index (χ4n) is 2.80. The van der Waals surface area contributed by atoms with Crippen LogP contribution in [0.2, 0.25) is 0 Å². The van der Waals surface area contributed by atoms with Crippen LogP contribution in [0.4, 0.5) is 5.69 Å². The van der Waals surface area contributed by atoms with Gasteiger partial charge in [0, 0.05) is 17.8 Å². The summed E-state index contributed by atoms with van der Waals surface area (Å²) >= 11 is 1.16. The van der Waals surface area contributed by atoms with Crippen molar-refractivity contribution in [2.45, 2.75) is 37.5 Å². The first-order valence-electron chi connectivity index (χ1n) is 8.68. The fourth-order valence-corrected chi connectivity index (χ4v) is 3.77. The van der Waals surface area contributed by atoms with E-state index < -0.39 is 11.2 Å². The minimum atomic E-state index is -0.554. The Hall–Kier alpha value is -2.80. The molecule has 0 aliphatic carbocycles. The Kier molecular flexibility index (Phi) is 5.81. The van der Waals surface area contributed by atoms with Crippen LogP contribution >= 0.6 is 11.8 Å². The Balaban J connectivity index is 1.81. The van der Waals surface area contributed by atoms with Gasteiger partial charge in [-0.2, -0.15) is 0 Å². The summed E-state index contributed by atoms with van der Waals surface area (Å²) in [6, 6.07) is 15.1. The van der Waals surface area contributed by atoms with E-state index in [1.54, 1.807) is 0 Å². The summed E-state index contributed by atoms with van der Waals surface area (Å²) in [6.07, 6.45) is 0.556. The molecule has 2 aromatic carbocycles. The largest absolute Gasteiger partial charge is 0.538 e. The molecule has 0 radical (unpaired) electrons. The van der Waals surface area contributed by atoms with Crippen LogP contribution in [0.3, 0.4) is 0 Å². The number of thioether (sulfide) groups is 1. The number of anilines is 1. The lowest BCUT2D eigenvalue weighted by Gasteiger charge is -2.14. The highest BCUT2D eigenvalue weighted by atomic mass is 32.2. The zero-order chi connectivity index (χ0) is 19.4. The Labute approximate surface area is 162 Å². The Morgan fingerprint density at radius 2 is 1.89 bits per heavy atom. The molecule has 3 rings (SSSR count). The van der Waals surface area contributed by atoms with Crippen molar-refractivity contribution in [3.63, 3.8) is 0 Å². The van der Waals surface area contributed by atoms with Crippen LogP contribution in [0.5, 0.6) is 5.95 Å². The van der Waals surface area contributed by atoms with Gasteiger partial charge in [-0.1, -0.05) is 31.2 Å². The topological polar surface area (TPSA) is 82.1 Å². The molecule has 1 N–H and O–H groups in total. The lowest BCUT2D eigenvalue weighted by atomic mass is 10.1. The normalized spacial score (nSPS) is 12.0. The second kappa shape index (κ2) is 8.26. The molecular formula is C20H21N3O3S. The summed E-state index contributed by atoms with van der Waals surface area (Å²) in [4.78, 5) is 12.8. The maximum Gasteiger partial charge on any atom is 0.298 e. The van der Waals surface area contributed by atoms with Crippen LogP contribution in [0.25, 0.3) is 5.69 Å². The van der Waals surface area contributed by atoms with Crippen molar-refractivity contribution >= 4 is 23.4 Å². The van der Waals surface area contributed by atoms with Gasteiger partial charge in [-0.25, -0.2) is 0 Å². The van der Waals surface area contributed by atoms with E-state index >= 15 is 0 Å². The van der Waals surface area contributed by atoms with Crippen molar-refractivity contribution in [3.05, 3.63) is 59.7 Å². The van der Waals surface area contributed by atoms with Crippen LogP contribution in [-0.4, -0.2) is 16.4 Å². The molecule has 1 heterocycles. The monoisotopic (exact) mass is 383 g/mol. The van der Waals surface area contributed by atoms with Crippen molar-refractivity contribution in [2.75, 3.05) is 5.32 Å². The number of hydrogen-bond acceptors (Lipinski definition) is 5. The smallest absolute Gasteiger partial charge is 0.298 e. The van der Waals surface area contributed by atoms with Gasteiger partial charge in [0.25, 0.3) is 5.03 Å². The quantitative estimate of drug-likeness (QED) is 0.522. The summed E-state index contributed by atoms with van der Waals surface area (Å²) in [6.45, 7) is 5.88. The molecule has 0 spiro atoms. The standard InChI is InChI=1S/C20H21N3O3S/c1-4-17(18(24)21-15-11-13(2)10-14(3)12-15)27-19-20(25)26-22-23(19)16-8-6-5-7-9-16/h5-12,17H,4H2,1-3H3,(H-,21,22,24,25). The number of hydrogen-bond donors (Lipinski definition) is 1. The number of nitrogens with zero attached hydrogens (tertiary/aromatic N) is 2. The second-order valence-corrected chi connectivity index (χ2v) is 7.48. The van der Waals surface area contributed by atoms with E-state index in [-0.39, 0.29) is 10.9 Å². The molecule has 6 nitrogen and oxygen atoms in total. The first kappa shape index (κ1) is 19.0. The first-order valence-corrected chi connectivity index (χ1v) is 9.56. The third-order valence-electron chi connectivity index (χ3n) is 3.98. The highest BCUT2D eigenvalue weighted by Crippen LogP contribution is 2.30. The van der Waals surface area contributed by atoms with Gasteiger partial charge in [0.1, 0.15) is 0 Å². The van der Waals surface area contributed by atoms with Gasteiger partial charge >= 0.3 is 0 Å². The van der Waals surface area contributed by atoms with Crippen molar-refractivity contribution in [1.29, 1.82) is 0 Å². The SMILES string of the molecule is CCC(Sc1c([O-])on[n+]1-c1ccccc1)C(=O)Nc1cc(C)cc(C)c1. The minimum Gasteiger partial charge on any atom is -0.538 e. The Bertz CT molecular complexity index is 921. The third kappa shape index (κ3) is 4.49. The maximum absolute atomic E-state index is 12.8. The predicted molar refractivity (Wildman–Crippen MR) is 102 cm³/mol. The van der Waals surface area contributed by atoms with Gasteiger partial charge in [-0.3, -0.25) is 4.79 Å². The third-order valence-corrected chi connectivity index (χ3v) is 5.37. The van der Waals surface area contributed by atoms with Crippen molar-refractivity contribution < 1.29 is 19.1 Å². The van der Waals surface area contributed by atoms with E-state index in [1.807, 2.05) is 69.3 Å². The average Bonchev–Trinajstić information content (AvgIpc) is 2.99. The summed E-state index contributed by atoms with van der Waals surface area (Å²) in [5, 5.41) is 18.7. The van der Waals surface area contributed by atoms with Crippen molar-refractivity contribution in [3.8, 4) is 11.6 Å². The second-order valence-electron chi connectivity index (χ2n) is 6.29. The van der Waals surface area contributed by atoms with Crippen molar-refractivity contribution in [2.24, 2.45) is 0 Å². The number of aryl methyl sites for hydroxylation is 2. The van der Waals surface area contributed by atoms with Crippen LogP contribution in [0.1, 0.15) is 24.5 Å². The molecule has 0 bridgehead atoms. The molecule has 1 aromatic heterocycles. The highest BCUT2D eigenvalue weighted by Gasteiger charge is 2.28. The number of carbonyl (C=O) groups excluding carboxylic acids is 1. The Morgan fingerprint density at radius 3 is 2.52 bits per heavy atom. The van der Waals surface area contributed by atoms with Crippen molar-refractivity contribution in [1.82, 2.24) is 5.27 Å². The number of amides is 1. The molecule has 140 valence electrons. The van der Waals surface area contributed by atoms with E-state index in [0.717, 1.165) is 28.6 Å². The van der Waals surface area contributed by atoms with E-state index in [4.69, 9.17) is 4.52 Å². The summed E-state index contributed by atoms with van der Waals surface area (Å²) in [5.41, 5.74) is 3.61. The predicted octanol–water partition coefficient (Wildman–Crippen LogP) is 3.15. The lowest BCUT2D eigenvalue weighted by Crippen LogP contribution is -2.36. The van der Waals surface area contributed by atoms with E-state index in [1.165, 1.54) is 4.68 Å². The molecule has 3 aromatic rings. The summed E-state index contributed by atoms with van der Waals surface area (Å²) in [7, 11) is 0. The minimum absolute atomic E-state index is 0.160. The summed E-state index contributed by atoms with van der Waals surface area (Å²) < 4.78 is 6.26.